The van der Waals surface area contributed by atoms with E-state index in [1.807, 2.05) is 6.92 Å². The van der Waals surface area contributed by atoms with Gasteiger partial charge in [0.25, 0.3) is 11.8 Å². The van der Waals surface area contributed by atoms with Crippen LogP contribution in [0.25, 0.3) is 0 Å². The summed E-state index contributed by atoms with van der Waals surface area (Å²) in [6.45, 7) is 3.12. The van der Waals surface area contributed by atoms with Crippen LogP contribution in [0.4, 0.5) is 0 Å². The van der Waals surface area contributed by atoms with Gasteiger partial charge in [0.2, 0.25) is 5.91 Å². The van der Waals surface area contributed by atoms with Gasteiger partial charge in [-0.1, -0.05) is 13.0 Å². The zero-order chi connectivity index (χ0) is 17.9. The Kier molecular flexibility index (Phi) is 8.48. The first-order valence-electron chi connectivity index (χ1n) is 7.48. The van der Waals surface area contributed by atoms with Crippen LogP contribution in [0, 0.1) is 0 Å². The molecule has 1 aromatic rings. The van der Waals surface area contributed by atoms with Crippen LogP contribution in [0.3, 0.4) is 0 Å². The number of amides is 3. The molecule has 0 saturated heterocycles. The number of rotatable bonds is 9. The van der Waals surface area contributed by atoms with Crippen molar-refractivity contribution in [3.05, 3.63) is 22.4 Å². The number of ether oxygens (including phenoxy) is 1. The van der Waals surface area contributed by atoms with Gasteiger partial charge in [0, 0.05) is 6.54 Å². The van der Waals surface area contributed by atoms with Crippen molar-refractivity contribution in [2.75, 3.05) is 19.7 Å². The van der Waals surface area contributed by atoms with Crippen LogP contribution >= 0.6 is 11.3 Å². The highest BCUT2D eigenvalue weighted by molar-refractivity contribution is 7.12. The summed E-state index contributed by atoms with van der Waals surface area (Å²) in [5.41, 5.74) is 0. The molecule has 1 rings (SSSR count). The molecule has 0 aromatic carbocycles. The zero-order valence-corrected chi connectivity index (χ0v) is 14.4. The number of carbonyl (C=O) groups excluding carboxylic acids is 4. The van der Waals surface area contributed by atoms with Crippen LogP contribution in [-0.4, -0.2) is 49.4 Å². The van der Waals surface area contributed by atoms with Crippen LogP contribution in [0.5, 0.6) is 0 Å². The second kappa shape index (κ2) is 10.4. The number of hydrogen-bond acceptors (Lipinski definition) is 6. The molecule has 9 heteroatoms. The monoisotopic (exact) mass is 355 g/mol. The van der Waals surface area contributed by atoms with Gasteiger partial charge < -0.3 is 20.7 Å². The molecule has 1 heterocycles. The van der Waals surface area contributed by atoms with E-state index in [9.17, 15) is 19.2 Å². The van der Waals surface area contributed by atoms with Crippen molar-refractivity contribution in [3.63, 3.8) is 0 Å². The highest BCUT2D eigenvalue weighted by Gasteiger charge is 2.16. The Morgan fingerprint density at radius 1 is 1.25 bits per heavy atom. The van der Waals surface area contributed by atoms with E-state index in [0.717, 1.165) is 6.42 Å². The maximum Gasteiger partial charge on any atom is 0.325 e. The molecule has 8 nitrogen and oxygen atoms in total. The Morgan fingerprint density at radius 3 is 2.62 bits per heavy atom. The average molecular weight is 355 g/mol. The third-order valence-electron chi connectivity index (χ3n) is 2.82. The normalized spacial score (nSPS) is 11.2. The van der Waals surface area contributed by atoms with Gasteiger partial charge in [-0.25, -0.2) is 0 Å². The lowest BCUT2D eigenvalue weighted by Crippen LogP contribution is -2.46. The summed E-state index contributed by atoms with van der Waals surface area (Å²) in [4.78, 5) is 46.8. The molecule has 0 saturated carbocycles. The zero-order valence-electron chi connectivity index (χ0n) is 13.6. The Morgan fingerprint density at radius 2 is 2.00 bits per heavy atom. The largest absolute Gasteiger partial charge is 0.454 e. The molecule has 0 aliphatic carbocycles. The van der Waals surface area contributed by atoms with Gasteiger partial charge in [0.15, 0.2) is 6.61 Å². The summed E-state index contributed by atoms with van der Waals surface area (Å²) in [6.07, 6.45) is 0.793. The topological polar surface area (TPSA) is 114 Å². The number of hydrogen-bond donors (Lipinski definition) is 3. The predicted octanol–water partition coefficient (Wildman–Crippen LogP) is 0.0520. The number of thiophene rings is 1. The first-order chi connectivity index (χ1) is 11.4. The van der Waals surface area contributed by atoms with Crippen molar-refractivity contribution in [2.24, 2.45) is 0 Å². The molecule has 24 heavy (non-hydrogen) atoms. The van der Waals surface area contributed by atoms with Crippen molar-refractivity contribution in [1.29, 1.82) is 0 Å². The van der Waals surface area contributed by atoms with Crippen molar-refractivity contribution < 1.29 is 23.9 Å². The second-order valence-corrected chi connectivity index (χ2v) is 5.85. The van der Waals surface area contributed by atoms with Gasteiger partial charge in [-0.3, -0.25) is 19.2 Å². The fourth-order valence-corrected chi connectivity index (χ4v) is 2.23. The molecule has 132 valence electrons. The molecule has 0 spiro atoms. The molecule has 0 bridgehead atoms. The summed E-state index contributed by atoms with van der Waals surface area (Å²) in [5, 5.41) is 9.20. The Hall–Kier alpha value is -2.42. The second-order valence-electron chi connectivity index (χ2n) is 4.90. The Labute approximate surface area is 143 Å². The molecule has 0 aliphatic rings. The Balaban J connectivity index is 2.22. The van der Waals surface area contributed by atoms with Crippen molar-refractivity contribution in [1.82, 2.24) is 16.0 Å². The van der Waals surface area contributed by atoms with E-state index in [1.165, 1.54) is 18.3 Å². The third-order valence-corrected chi connectivity index (χ3v) is 3.69. The van der Waals surface area contributed by atoms with Gasteiger partial charge in [-0.15, -0.1) is 11.3 Å². The first kappa shape index (κ1) is 19.6. The van der Waals surface area contributed by atoms with Gasteiger partial charge >= 0.3 is 5.97 Å². The lowest BCUT2D eigenvalue weighted by atomic mass is 10.3. The first-order valence-corrected chi connectivity index (χ1v) is 8.36. The lowest BCUT2D eigenvalue weighted by molar-refractivity contribution is -0.147. The SMILES string of the molecule is CCCNC(=O)[C@H](C)NC(=O)COC(=O)CNC(=O)c1cccs1. The molecule has 0 aliphatic heterocycles. The molecule has 3 N–H and O–H groups in total. The van der Waals surface area contributed by atoms with E-state index < -0.39 is 24.5 Å². The van der Waals surface area contributed by atoms with Crippen LogP contribution in [0.1, 0.15) is 29.9 Å². The van der Waals surface area contributed by atoms with Crippen LogP contribution in [0.2, 0.25) is 0 Å². The van der Waals surface area contributed by atoms with Gasteiger partial charge in [0.05, 0.1) is 4.88 Å². The predicted molar refractivity (Wildman–Crippen MR) is 88.5 cm³/mol. The van der Waals surface area contributed by atoms with Gasteiger partial charge in [-0.2, -0.15) is 0 Å². The lowest BCUT2D eigenvalue weighted by Gasteiger charge is -2.13. The quantitative estimate of drug-likeness (QED) is 0.542. The molecule has 0 radical (unpaired) electrons. The van der Waals surface area contributed by atoms with E-state index in [2.05, 4.69) is 16.0 Å². The number of esters is 1. The van der Waals surface area contributed by atoms with Gasteiger partial charge in [-0.05, 0) is 24.8 Å². The third kappa shape index (κ3) is 7.23. The fraction of sp³-hybridized carbons (Fsp3) is 0.467. The minimum Gasteiger partial charge on any atom is -0.454 e. The molecule has 3 amide bonds. The van der Waals surface area contributed by atoms with E-state index in [4.69, 9.17) is 4.74 Å². The smallest absolute Gasteiger partial charge is 0.325 e. The minimum absolute atomic E-state index is 0.306. The van der Waals surface area contributed by atoms with E-state index >= 15 is 0 Å². The summed E-state index contributed by atoms with van der Waals surface area (Å²) in [6, 6.07) is 2.63. The number of carbonyl (C=O) groups is 4. The maximum absolute atomic E-state index is 11.6. The minimum atomic E-state index is -0.738. The highest BCUT2D eigenvalue weighted by atomic mass is 32.1. The summed E-state index contributed by atoms with van der Waals surface area (Å²) in [5.74, 6) is -2.02. The summed E-state index contributed by atoms with van der Waals surface area (Å²) < 4.78 is 4.74. The van der Waals surface area contributed by atoms with E-state index in [1.54, 1.807) is 17.5 Å². The van der Waals surface area contributed by atoms with E-state index in [0.29, 0.717) is 11.4 Å². The maximum atomic E-state index is 11.6. The van der Waals surface area contributed by atoms with Crippen molar-refractivity contribution in [2.45, 2.75) is 26.3 Å². The van der Waals surface area contributed by atoms with Crippen LogP contribution < -0.4 is 16.0 Å². The molecule has 1 atom stereocenters. The van der Waals surface area contributed by atoms with Crippen molar-refractivity contribution in [3.8, 4) is 0 Å². The summed E-state index contributed by atoms with van der Waals surface area (Å²) in [7, 11) is 0. The standard InChI is InChI=1S/C15H21N3O5S/c1-3-6-16-14(21)10(2)18-12(19)9-23-13(20)8-17-15(22)11-5-4-7-24-11/h4-5,7,10H,3,6,8-9H2,1-2H3,(H,16,21)(H,17,22)(H,18,19)/t10-/m0/s1. The number of nitrogens with one attached hydrogen (secondary N) is 3. The average Bonchev–Trinajstić information content (AvgIpc) is 3.10. The molecule has 0 fully saturated rings. The highest BCUT2D eigenvalue weighted by Crippen LogP contribution is 2.07. The molecular formula is C15H21N3O5S. The molecule has 1 aromatic heterocycles. The van der Waals surface area contributed by atoms with Crippen LogP contribution in [0.15, 0.2) is 17.5 Å². The Bertz CT molecular complexity index is 574. The van der Waals surface area contributed by atoms with Crippen LogP contribution in [-0.2, 0) is 19.1 Å². The molecule has 0 unspecified atom stereocenters. The fourth-order valence-electron chi connectivity index (χ4n) is 1.59. The van der Waals surface area contributed by atoms with Crippen molar-refractivity contribution >= 4 is 35.0 Å². The van der Waals surface area contributed by atoms with Gasteiger partial charge in [0.1, 0.15) is 12.6 Å². The van der Waals surface area contributed by atoms with E-state index in [-0.39, 0.29) is 18.4 Å². The summed E-state index contributed by atoms with van der Waals surface area (Å²) >= 11 is 1.25. The molecular weight excluding hydrogens is 334 g/mol.